The summed E-state index contributed by atoms with van der Waals surface area (Å²) < 4.78 is 11.5. The number of hydrogen-bond donors (Lipinski definition) is 1. The third kappa shape index (κ3) is 5.67. The lowest BCUT2D eigenvalue weighted by atomic mass is 9.97. The molecule has 0 heterocycles. The van der Waals surface area contributed by atoms with Gasteiger partial charge in [0.2, 0.25) is 5.78 Å². The monoisotopic (exact) mass is 384 g/mol. The second-order valence-corrected chi connectivity index (χ2v) is 6.56. The summed E-state index contributed by atoms with van der Waals surface area (Å²) in [6.45, 7) is 5.80. The Morgan fingerprint density at radius 3 is 2.29 bits per heavy atom. The van der Waals surface area contributed by atoms with Crippen molar-refractivity contribution in [3.8, 4) is 11.5 Å². The molecule has 148 valence electrons. The van der Waals surface area contributed by atoms with Crippen LogP contribution in [0.2, 0.25) is 0 Å². The van der Waals surface area contributed by atoms with Crippen LogP contribution >= 0.6 is 0 Å². The van der Waals surface area contributed by atoms with E-state index in [4.69, 9.17) is 14.6 Å². The van der Waals surface area contributed by atoms with E-state index in [0.717, 1.165) is 11.1 Å². The minimum atomic E-state index is -1.63. The highest BCUT2D eigenvalue weighted by atomic mass is 16.5. The Balaban J connectivity index is 2.51. The third-order valence-corrected chi connectivity index (χ3v) is 3.88. The number of Topliss-reactive ketones (excluding diaryl/α,β-unsaturated/α-hetero) is 2. The third-order valence-electron chi connectivity index (χ3n) is 3.88. The molecule has 0 amide bonds. The average molecular weight is 384 g/mol. The molecule has 2 rings (SSSR count). The molecule has 6 heteroatoms. The number of benzene rings is 2. The van der Waals surface area contributed by atoms with E-state index < -0.39 is 24.0 Å². The van der Waals surface area contributed by atoms with Gasteiger partial charge in [0.25, 0.3) is 0 Å². The predicted molar refractivity (Wildman–Crippen MR) is 104 cm³/mol. The van der Waals surface area contributed by atoms with Crippen LogP contribution in [0.5, 0.6) is 11.5 Å². The first-order valence-electron chi connectivity index (χ1n) is 9.11. The Labute approximate surface area is 164 Å². The molecule has 0 radical (unpaired) electrons. The molecule has 0 atom stereocenters. The second-order valence-electron chi connectivity index (χ2n) is 6.56. The minimum absolute atomic E-state index is 0.153. The van der Waals surface area contributed by atoms with Crippen molar-refractivity contribution in [3.63, 3.8) is 0 Å². The Bertz CT molecular complexity index is 855. The fourth-order valence-corrected chi connectivity index (χ4v) is 2.74. The van der Waals surface area contributed by atoms with Gasteiger partial charge in [-0.2, -0.15) is 0 Å². The second kappa shape index (κ2) is 9.69. The van der Waals surface area contributed by atoms with Crippen LogP contribution in [0.3, 0.4) is 0 Å². The molecule has 6 nitrogen and oxygen atoms in total. The molecule has 2 aromatic rings. The topological polar surface area (TPSA) is 89.9 Å². The van der Waals surface area contributed by atoms with Gasteiger partial charge in [-0.25, -0.2) is 4.79 Å². The number of carboxylic acid groups (broad SMARTS) is 1. The van der Waals surface area contributed by atoms with Crippen molar-refractivity contribution in [1.82, 2.24) is 0 Å². The number of hydrogen-bond acceptors (Lipinski definition) is 5. The van der Waals surface area contributed by atoms with Gasteiger partial charge in [0, 0.05) is 0 Å². The lowest BCUT2D eigenvalue weighted by Crippen LogP contribution is -2.19. The molecule has 0 bridgehead atoms. The fourth-order valence-electron chi connectivity index (χ4n) is 2.74. The van der Waals surface area contributed by atoms with Crippen LogP contribution in [0.15, 0.2) is 42.5 Å². The molecule has 1 N–H and O–H groups in total. The van der Waals surface area contributed by atoms with Crippen molar-refractivity contribution in [1.29, 1.82) is 0 Å². The summed E-state index contributed by atoms with van der Waals surface area (Å²) in [6, 6.07) is 13.2. The minimum Gasteiger partial charge on any atom is -0.490 e. The zero-order valence-corrected chi connectivity index (χ0v) is 16.2. The first-order valence-corrected chi connectivity index (χ1v) is 9.11. The number of ketones is 2. The van der Waals surface area contributed by atoms with Crippen molar-refractivity contribution in [3.05, 3.63) is 59.2 Å². The van der Waals surface area contributed by atoms with Crippen LogP contribution in [0.4, 0.5) is 0 Å². The summed E-state index contributed by atoms with van der Waals surface area (Å²) in [4.78, 5) is 35.1. The molecule has 2 aromatic carbocycles. The molecule has 0 saturated carbocycles. The summed E-state index contributed by atoms with van der Waals surface area (Å²) in [5, 5.41) is 8.82. The van der Waals surface area contributed by atoms with Crippen LogP contribution in [0, 0.1) is 0 Å². The number of carboxylic acids is 1. The molecule has 0 fully saturated rings. The molecule has 0 aliphatic rings. The summed E-state index contributed by atoms with van der Waals surface area (Å²) >= 11 is 0. The lowest BCUT2D eigenvalue weighted by Gasteiger charge is -2.19. The number of carbonyl (C=O) groups is 3. The van der Waals surface area contributed by atoms with Crippen molar-refractivity contribution >= 4 is 17.5 Å². The zero-order valence-electron chi connectivity index (χ0n) is 16.2. The van der Waals surface area contributed by atoms with Crippen LogP contribution < -0.4 is 9.47 Å². The van der Waals surface area contributed by atoms with Crippen LogP contribution in [0.25, 0.3) is 0 Å². The van der Waals surface area contributed by atoms with Crippen LogP contribution in [0.1, 0.15) is 48.7 Å². The molecule has 28 heavy (non-hydrogen) atoms. The standard InChI is InChI=1S/C22H24O6/c1-4-27-20-12-16(10-15-8-6-5-7-9-15)11-17(21(20)28-14(2)3)18(23)13-19(24)22(25)26/h5-9,11-12,14H,4,10,13H2,1-3H3,(H,25,26). The van der Waals surface area contributed by atoms with Gasteiger partial charge in [-0.15, -0.1) is 0 Å². The molecule has 0 spiro atoms. The molecule has 0 aliphatic carbocycles. The van der Waals surface area contributed by atoms with E-state index in [9.17, 15) is 14.4 Å². The SMILES string of the molecule is CCOc1cc(Cc2ccccc2)cc(C(=O)CC(=O)C(=O)O)c1OC(C)C. The Kier molecular flexibility index (Phi) is 7.32. The summed E-state index contributed by atoms with van der Waals surface area (Å²) in [5.41, 5.74) is 2.00. The van der Waals surface area contributed by atoms with Crippen LogP contribution in [-0.4, -0.2) is 35.4 Å². The average Bonchev–Trinajstić information content (AvgIpc) is 2.64. The maximum absolute atomic E-state index is 12.7. The molecular weight excluding hydrogens is 360 g/mol. The molecule has 0 aromatic heterocycles. The highest BCUT2D eigenvalue weighted by Crippen LogP contribution is 2.35. The highest BCUT2D eigenvalue weighted by Gasteiger charge is 2.24. The maximum atomic E-state index is 12.7. The van der Waals surface area contributed by atoms with E-state index >= 15 is 0 Å². The van der Waals surface area contributed by atoms with E-state index in [1.807, 2.05) is 57.2 Å². The van der Waals surface area contributed by atoms with Gasteiger partial charge >= 0.3 is 5.97 Å². The maximum Gasteiger partial charge on any atom is 0.372 e. The van der Waals surface area contributed by atoms with Crippen molar-refractivity contribution < 1.29 is 29.0 Å². The molecular formula is C22H24O6. The van der Waals surface area contributed by atoms with E-state index in [-0.39, 0.29) is 17.4 Å². The molecule has 0 aliphatic heterocycles. The quantitative estimate of drug-likeness (QED) is 0.382. The van der Waals surface area contributed by atoms with Gasteiger partial charge in [-0.1, -0.05) is 30.3 Å². The van der Waals surface area contributed by atoms with Crippen molar-refractivity contribution in [2.24, 2.45) is 0 Å². The normalized spacial score (nSPS) is 10.6. The van der Waals surface area contributed by atoms with E-state index in [2.05, 4.69) is 0 Å². The predicted octanol–water partition coefficient (Wildman–Crippen LogP) is 3.69. The summed E-state index contributed by atoms with van der Waals surface area (Å²) in [6.07, 6.45) is -0.416. The Morgan fingerprint density at radius 2 is 1.71 bits per heavy atom. The first kappa shape index (κ1) is 21.2. The lowest BCUT2D eigenvalue weighted by molar-refractivity contribution is -0.148. The smallest absolute Gasteiger partial charge is 0.372 e. The molecule has 0 saturated heterocycles. The fraction of sp³-hybridized carbons (Fsp3) is 0.318. The highest BCUT2D eigenvalue weighted by molar-refractivity contribution is 6.37. The van der Waals surface area contributed by atoms with Crippen molar-refractivity contribution in [2.75, 3.05) is 6.61 Å². The Hall–Kier alpha value is -3.15. The van der Waals surface area contributed by atoms with Gasteiger partial charge in [0.15, 0.2) is 17.3 Å². The number of ether oxygens (including phenoxy) is 2. The molecule has 0 unspecified atom stereocenters. The van der Waals surface area contributed by atoms with Gasteiger partial charge in [-0.05, 0) is 50.5 Å². The van der Waals surface area contributed by atoms with Crippen LogP contribution in [-0.2, 0) is 16.0 Å². The number of rotatable bonds is 10. The zero-order chi connectivity index (χ0) is 20.7. The van der Waals surface area contributed by atoms with E-state index in [0.29, 0.717) is 18.8 Å². The van der Waals surface area contributed by atoms with Crippen molar-refractivity contribution in [2.45, 2.75) is 39.7 Å². The largest absolute Gasteiger partial charge is 0.490 e. The van der Waals surface area contributed by atoms with Gasteiger partial charge in [0.1, 0.15) is 0 Å². The summed E-state index contributed by atoms with van der Waals surface area (Å²) in [7, 11) is 0. The number of carbonyl (C=O) groups excluding carboxylic acids is 2. The van der Waals surface area contributed by atoms with Gasteiger partial charge in [0.05, 0.1) is 24.7 Å². The number of aliphatic carboxylic acids is 1. The van der Waals surface area contributed by atoms with Gasteiger partial charge < -0.3 is 14.6 Å². The van der Waals surface area contributed by atoms with Gasteiger partial charge in [-0.3, -0.25) is 9.59 Å². The Morgan fingerprint density at radius 1 is 1.04 bits per heavy atom. The van der Waals surface area contributed by atoms with E-state index in [1.165, 1.54) is 0 Å². The first-order chi connectivity index (χ1) is 13.3. The summed E-state index contributed by atoms with van der Waals surface area (Å²) in [5.74, 6) is -2.77. The van der Waals surface area contributed by atoms with E-state index in [1.54, 1.807) is 6.07 Å².